The topological polar surface area (TPSA) is 71.2 Å². The Kier molecular flexibility index (Phi) is 6.29. The maximum Gasteiger partial charge on any atom is 0.272 e. The van der Waals surface area contributed by atoms with Gasteiger partial charge in [0.05, 0.1) is 0 Å². The molecule has 0 aromatic carbocycles. The minimum Gasteiger partial charge on any atom is -0.383 e. The maximum absolute atomic E-state index is 12.2. The van der Waals surface area contributed by atoms with Crippen molar-refractivity contribution in [3.05, 3.63) is 24.0 Å². The van der Waals surface area contributed by atoms with E-state index in [-0.39, 0.29) is 11.9 Å². The number of aromatic nitrogens is 1. The summed E-state index contributed by atoms with van der Waals surface area (Å²) in [7, 11) is 0. The summed E-state index contributed by atoms with van der Waals surface area (Å²) in [4.78, 5) is 18.1. The minimum absolute atomic E-state index is 0.0339. The number of rotatable bonds is 7. The van der Waals surface area contributed by atoms with Gasteiger partial charge in [0, 0.05) is 37.6 Å². The highest BCUT2D eigenvalue weighted by atomic mass is 16.2. The third-order valence-corrected chi connectivity index (χ3v) is 3.12. The molecular formula is C14H24N4O. The summed E-state index contributed by atoms with van der Waals surface area (Å²) >= 11 is 0. The van der Waals surface area contributed by atoms with E-state index in [2.05, 4.69) is 10.3 Å². The van der Waals surface area contributed by atoms with Gasteiger partial charge < -0.3 is 16.0 Å². The Balaban J connectivity index is 2.73. The molecule has 1 aromatic rings. The van der Waals surface area contributed by atoms with Crippen molar-refractivity contribution in [2.75, 3.05) is 25.0 Å². The van der Waals surface area contributed by atoms with Crippen LogP contribution in [-0.2, 0) is 0 Å². The molecule has 1 amide bonds. The van der Waals surface area contributed by atoms with Gasteiger partial charge in [0.1, 0.15) is 5.69 Å². The highest BCUT2D eigenvalue weighted by Gasteiger charge is 2.14. The molecule has 0 saturated carbocycles. The van der Waals surface area contributed by atoms with E-state index < -0.39 is 0 Å². The average molecular weight is 264 g/mol. The average Bonchev–Trinajstić information content (AvgIpc) is 2.46. The number of carbonyl (C=O) groups excluding carboxylic acids is 1. The fourth-order valence-corrected chi connectivity index (χ4v) is 1.72. The van der Waals surface area contributed by atoms with Crippen molar-refractivity contribution in [2.45, 2.75) is 33.2 Å². The van der Waals surface area contributed by atoms with Crippen molar-refractivity contribution >= 4 is 11.6 Å². The molecule has 0 spiro atoms. The normalized spacial score (nSPS) is 12.0. The first-order valence-corrected chi connectivity index (χ1v) is 6.87. The van der Waals surface area contributed by atoms with Gasteiger partial charge in [0.25, 0.3) is 5.91 Å². The first-order chi connectivity index (χ1) is 9.12. The van der Waals surface area contributed by atoms with Crippen LogP contribution in [0.2, 0.25) is 0 Å². The smallest absolute Gasteiger partial charge is 0.272 e. The van der Waals surface area contributed by atoms with Gasteiger partial charge in [-0.3, -0.25) is 9.78 Å². The van der Waals surface area contributed by atoms with E-state index in [1.165, 1.54) is 0 Å². The van der Waals surface area contributed by atoms with Gasteiger partial charge in [-0.1, -0.05) is 6.92 Å². The van der Waals surface area contributed by atoms with Crippen molar-refractivity contribution in [2.24, 2.45) is 5.73 Å². The molecule has 1 heterocycles. The molecule has 0 fully saturated rings. The Morgan fingerprint density at radius 2 is 2.11 bits per heavy atom. The van der Waals surface area contributed by atoms with Gasteiger partial charge in [0.15, 0.2) is 0 Å². The molecule has 0 radical (unpaired) electrons. The van der Waals surface area contributed by atoms with E-state index in [4.69, 9.17) is 5.73 Å². The molecule has 106 valence electrons. The van der Waals surface area contributed by atoms with Crippen LogP contribution in [0.25, 0.3) is 0 Å². The van der Waals surface area contributed by atoms with Gasteiger partial charge in [-0.2, -0.15) is 0 Å². The summed E-state index contributed by atoms with van der Waals surface area (Å²) in [6.07, 6.45) is 2.57. The zero-order valence-electron chi connectivity index (χ0n) is 12.0. The van der Waals surface area contributed by atoms with Crippen molar-refractivity contribution in [1.29, 1.82) is 0 Å². The third kappa shape index (κ3) is 4.52. The number of pyridine rings is 1. The first kappa shape index (κ1) is 15.4. The van der Waals surface area contributed by atoms with Crippen LogP contribution in [0.15, 0.2) is 18.3 Å². The Bertz CT molecular complexity index is 404. The van der Waals surface area contributed by atoms with Crippen molar-refractivity contribution < 1.29 is 4.79 Å². The lowest BCUT2D eigenvalue weighted by atomic mass is 10.2. The number of nitrogens with one attached hydrogen (secondary N) is 1. The fourth-order valence-electron chi connectivity index (χ4n) is 1.72. The standard InChI is InChI=1S/C14H24N4O/c1-4-11(15)10-17-12-7-8-16-13(9-12)14(19)18(5-2)6-3/h7-9,11H,4-6,10,15H2,1-3H3,(H,16,17). The number of nitrogens with two attached hydrogens (primary N) is 1. The summed E-state index contributed by atoms with van der Waals surface area (Å²) in [5, 5.41) is 3.23. The van der Waals surface area contributed by atoms with E-state index >= 15 is 0 Å². The van der Waals surface area contributed by atoms with Gasteiger partial charge >= 0.3 is 0 Å². The van der Waals surface area contributed by atoms with E-state index in [0.29, 0.717) is 25.3 Å². The lowest BCUT2D eigenvalue weighted by molar-refractivity contribution is 0.0767. The predicted molar refractivity (Wildman–Crippen MR) is 78.2 cm³/mol. The Hall–Kier alpha value is -1.62. The van der Waals surface area contributed by atoms with Crippen molar-refractivity contribution in [1.82, 2.24) is 9.88 Å². The van der Waals surface area contributed by atoms with E-state index in [9.17, 15) is 4.79 Å². The summed E-state index contributed by atoms with van der Waals surface area (Å²) in [5.41, 5.74) is 7.21. The minimum atomic E-state index is -0.0339. The summed E-state index contributed by atoms with van der Waals surface area (Å²) in [5.74, 6) is -0.0339. The molecular weight excluding hydrogens is 240 g/mol. The van der Waals surface area contributed by atoms with E-state index in [1.807, 2.05) is 26.8 Å². The van der Waals surface area contributed by atoms with Gasteiger partial charge in [-0.15, -0.1) is 0 Å². The largest absolute Gasteiger partial charge is 0.383 e. The number of hydrogen-bond donors (Lipinski definition) is 2. The molecule has 0 bridgehead atoms. The Labute approximate surface area is 115 Å². The van der Waals surface area contributed by atoms with Crippen LogP contribution in [0, 0.1) is 0 Å². The van der Waals surface area contributed by atoms with Crippen LogP contribution in [0.1, 0.15) is 37.7 Å². The third-order valence-electron chi connectivity index (χ3n) is 3.12. The molecule has 3 N–H and O–H groups in total. The van der Waals surface area contributed by atoms with Crippen LogP contribution < -0.4 is 11.1 Å². The lowest BCUT2D eigenvalue weighted by Crippen LogP contribution is -2.31. The molecule has 0 aliphatic heterocycles. The molecule has 5 nitrogen and oxygen atoms in total. The molecule has 1 rings (SSSR count). The second-order valence-corrected chi connectivity index (χ2v) is 4.46. The van der Waals surface area contributed by atoms with Crippen LogP contribution in [0.3, 0.4) is 0 Å². The molecule has 0 aliphatic rings. The number of carbonyl (C=O) groups is 1. The summed E-state index contributed by atoms with van der Waals surface area (Å²) in [6.45, 7) is 8.05. The van der Waals surface area contributed by atoms with Gasteiger partial charge in [-0.25, -0.2) is 0 Å². The predicted octanol–water partition coefficient (Wildman–Crippen LogP) is 1.71. The molecule has 19 heavy (non-hydrogen) atoms. The first-order valence-electron chi connectivity index (χ1n) is 6.87. The zero-order chi connectivity index (χ0) is 14.3. The monoisotopic (exact) mass is 264 g/mol. The van der Waals surface area contributed by atoms with Crippen molar-refractivity contribution in [3.63, 3.8) is 0 Å². The molecule has 5 heteroatoms. The number of hydrogen-bond acceptors (Lipinski definition) is 4. The van der Waals surface area contributed by atoms with Gasteiger partial charge in [-0.05, 0) is 32.4 Å². The van der Waals surface area contributed by atoms with E-state index in [0.717, 1.165) is 12.1 Å². The highest BCUT2D eigenvalue weighted by Crippen LogP contribution is 2.10. The molecule has 0 saturated heterocycles. The zero-order valence-corrected chi connectivity index (χ0v) is 12.0. The van der Waals surface area contributed by atoms with Crippen LogP contribution in [0.5, 0.6) is 0 Å². The van der Waals surface area contributed by atoms with Gasteiger partial charge in [0.2, 0.25) is 0 Å². The molecule has 1 aromatic heterocycles. The summed E-state index contributed by atoms with van der Waals surface area (Å²) in [6, 6.07) is 3.75. The lowest BCUT2D eigenvalue weighted by Gasteiger charge is -2.18. The van der Waals surface area contributed by atoms with E-state index in [1.54, 1.807) is 17.2 Å². The quantitative estimate of drug-likeness (QED) is 0.786. The number of nitrogens with zero attached hydrogens (tertiary/aromatic N) is 2. The molecule has 1 unspecified atom stereocenters. The SMILES string of the molecule is CCC(N)CNc1ccnc(C(=O)N(CC)CC)c1. The highest BCUT2D eigenvalue weighted by molar-refractivity contribution is 5.93. The van der Waals surface area contributed by atoms with Crippen molar-refractivity contribution in [3.8, 4) is 0 Å². The Morgan fingerprint density at radius 1 is 1.42 bits per heavy atom. The second-order valence-electron chi connectivity index (χ2n) is 4.46. The summed E-state index contributed by atoms with van der Waals surface area (Å²) < 4.78 is 0. The second kappa shape index (κ2) is 7.74. The number of amides is 1. The molecule has 0 aliphatic carbocycles. The fraction of sp³-hybridized carbons (Fsp3) is 0.571. The maximum atomic E-state index is 12.2. The number of anilines is 1. The molecule has 1 atom stereocenters. The van der Waals surface area contributed by atoms with Crippen LogP contribution in [-0.4, -0.2) is 41.5 Å². The Morgan fingerprint density at radius 3 is 2.68 bits per heavy atom. The van der Waals surface area contributed by atoms with Crippen LogP contribution in [0.4, 0.5) is 5.69 Å². The van der Waals surface area contributed by atoms with Crippen LogP contribution >= 0.6 is 0 Å².